The van der Waals surface area contributed by atoms with Crippen molar-refractivity contribution in [1.29, 1.82) is 0 Å². The second kappa shape index (κ2) is 4.91. The van der Waals surface area contributed by atoms with Crippen LogP contribution in [0.25, 0.3) is 0 Å². The van der Waals surface area contributed by atoms with Crippen molar-refractivity contribution in [1.82, 2.24) is 0 Å². The summed E-state index contributed by atoms with van der Waals surface area (Å²) in [4.78, 5) is 0. The molecule has 0 aliphatic heterocycles. The molecule has 0 rings (SSSR count). The van der Waals surface area contributed by atoms with Crippen LogP contribution < -0.4 is 0 Å². The van der Waals surface area contributed by atoms with Crippen molar-refractivity contribution in [2.45, 2.75) is 19.8 Å². The number of alkyl halides is 1. The third-order valence-electron chi connectivity index (χ3n) is 0.834. The molecule has 1 N–H and O–H groups in total. The van der Waals surface area contributed by atoms with Gasteiger partial charge in [0.15, 0.2) is 0 Å². The molecule has 0 heterocycles. The van der Waals surface area contributed by atoms with Gasteiger partial charge >= 0.3 is 0 Å². The lowest BCUT2D eigenvalue weighted by atomic mass is 10.2. The van der Waals surface area contributed by atoms with Gasteiger partial charge in [0.25, 0.3) is 0 Å². The van der Waals surface area contributed by atoms with Gasteiger partial charge in [-0.15, -0.1) is 11.6 Å². The molecule has 0 aliphatic carbocycles. The van der Waals surface area contributed by atoms with Gasteiger partial charge in [0.05, 0.1) is 11.6 Å². The lowest BCUT2D eigenvalue weighted by molar-refractivity contribution is 0.317. The molecule has 0 saturated carbocycles. The Balaban J connectivity index is 3.38. The van der Waals surface area contributed by atoms with Crippen LogP contribution in [-0.4, -0.2) is 16.8 Å². The second-order valence-electron chi connectivity index (χ2n) is 1.55. The first-order chi connectivity index (χ1) is 3.85. The van der Waals surface area contributed by atoms with Gasteiger partial charge in [0.1, 0.15) is 0 Å². The predicted molar refractivity (Wildman–Crippen MR) is 34.8 cm³/mol. The monoisotopic (exact) mass is 135 g/mol. The summed E-state index contributed by atoms with van der Waals surface area (Å²) in [6.07, 6.45) is 1.77. The van der Waals surface area contributed by atoms with Gasteiger partial charge in [0.2, 0.25) is 0 Å². The Kier molecular flexibility index (Phi) is 4.76. The fourth-order valence-electron chi connectivity index (χ4n) is 0.432. The largest absolute Gasteiger partial charge is 0.411 e. The average Bonchev–Trinajstić information content (AvgIpc) is 1.83. The molecule has 48 valence electrons. The molecular formula is C5H10ClNO. The molecule has 0 aromatic carbocycles. The summed E-state index contributed by atoms with van der Waals surface area (Å²) in [7, 11) is 0. The zero-order valence-electron chi connectivity index (χ0n) is 4.89. The van der Waals surface area contributed by atoms with Crippen LogP contribution in [0.4, 0.5) is 0 Å². The van der Waals surface area contributed by atoms with Gasteiger partial charge in [-0.1, -0.05) is 18.5 Å². The zero-order valence-corrected chi connectivity index (χ0v) is 5.65. The summed E-state index contributed by atoms with van der Waals surface area (Å²) >= 11 is 5.36. The molecule has 0 aromatic rings. The molecule has 0 aromatic heterocycles. The van der Waals surface area contributed by atoms with Crippen molar-refractivity contribution < 1.29 is 5.21 Å². The fraction of sp³-hybridized carbons (Fsp3) is 0.800. The number of nitrogens with zero attached hydrogens (tertiary/aromatic N) is 1. The zero-order chi connectivity index (χ0) is 6.41. The third kappa shape index (κ3) is 2.86. The summed E-state index contributed by atoms with van der Waals surface area (Å²) in [5.41, 5.74) is 0.661. The number of hydrogen-bond donors (Lipinski definition) is 1. The fourth-order valence-corrected chi connectivity index (χ4v) is 0.619. The molecule has 0 aliphatic rings. The van der Waals surface area contributed by atoms with E-state index in [0.29, 0.717) is 11.6 Å². The van der Waals surface area contributed by atoms with Gasteiger partial charge in [-0.2, -0.15) is 0 Å². The average molecular weight is 136 g/mol. The first-order valence-electron chi connectivity index (χ1n) is 2.61. The SMILES string of the molecule is CCC/C(CCl)=N\O. The molecule has 8 heavy (non-hydrogen) atoms. The smallest absolute Gasteiger partial charge is 0.0718 e. The van der Waals surface area contributed by atoms with E-state index in [0.717, 1.165) is 12.8 Å². The Hall–Kier alpha value is -0.240. The molecular weight excluding hydrogens is 126 g/mol. The van der Waals surface area contributed by atoms with Crippen molar-refractivity contribution in [2.75, 3.05) is 5.88 Å². The van der Waals surface area contributed by atoms with Crippen LogP contribution in [0, 0.1) is 0 Å². The lowest BCUT2D eigenvalue weighted by Gasteiger charge is -1.92. The van der Waals surface area contributed by atoms with Crippen molar-refractivity contribution in [3.05, 3.63) is 0 Å². The number of hydrogen-bond acceptors (Lipinski definition) is 2. The van der Waals surface area contributed by atoms with Crippen molar-refractivity contribution in [2.24, 2.45) is 5.16 Å². The highest BCUT2D eigenvalue weighted by atomic mass is 35.5. The van der Waals surface area contributed by atoms with E-state index in [4.69, 9.17) is 16.8 Å². The van der Waals surface area contributed by atoms with Crippen LogP contribution in [0.1, 0.15) is 19.8 Å². The number of oxime groups is 1. The van der Waals surface area contributed by atoms with Gasteiger partial charge in [-0.05, 0) is 6.42 Å². The highest BCUT2D eigenvalue weighted by Gasteiger charge is 1.92. The van der Waals surface area contributed by atoms with E-state index in [9.17, 15) is 0 Å². The second-order valence-corrected chi connectivity index (χ2v) is 1.82. The highest BCUT2D eigenvalue weighted by molar-refractivity contribution is 6.28. The molecule has 2 nitrogen and oxygen atoms in total. The summed E-state index contributed by atoms with van der Waals surface area (Å²) in [5.74, 6) is 0.338. The Labute approximate surface area is 54.1 Å². The molecule has 0 atom stereocenters. The first-order valence-corrected chi connectivity index (χ1v) is 3.14. The van der Waals surface area contributed by atoms with E-state index in [1.807, 2.05) is 6.92 Å². The van der Waals surface area contributed by atoms with E-state index in [-0.39, 0.29) is 0 Å². The summed E-state index contributed by atoms with van der Waals surface area (Å²) in [5, 5.41) is 11.1. The Morgan fingerprint density at radius 1 is 1.75 bits per heavy atom. The van der Waals surface area contributed by atoms with E-state index >= 15 is 0 Å². The van der Waals surface area contributed by atoms with Gasteiger partial charge in [-0.25, -0.2) is 0 Å². The van der Waals surface area contributed by atoms with Crippen LogP contribution in [-0.2, 0) is 0 Å². The topological polar surface area (TPSA) is 32.6 Å². The highest BCUT2D eigenvalue weighted by Crippen LogP contribution is 1.93. The maximum Gasteiger partial charge on any atom is 0.0718 e. The molecule has 0 amide bonds. The van der Waals surface area contributed by atoms with Crippen LogP contribution in [0.5, 0.6) is 0 Å². The van der Waals surface area contributed by atoms with Crippen LogP contribution >= 0.6 is 11.6 Å². The van der Waals surface area contributed by atoms with Crippen molar-refractivity contribution in [3.8, 4) is 0 Å². The van der Waals surface area contributed by atoms with E-state index < -0.39 is 0 Å². The molecule has 0 saturated heterocycles. The maximum absolute atomic E-state index is 8.16. The predicted octanol–water partition coefficient (Wildman–Crippen LogP) is 1.86. The number of halogens is 1. The van der Waals surface area contributed by atoms with Crippen molar-refractivity contribution >= 4 is 17.3 Å². The molecule has 0 spiro atoms. The quantitative estimate of drug-likeness (QED) is 0.273. The maximum atomic E-state index is 8.16. The summed E-state index contributed by atoms with van der Waals surface area (Å²) in [6.45, 7) is 2.01. The lowest BCUT2D eigenvalue weighted by Crippen LogP contribution is -1.97. The minimum absolute atomic E-state index is 0.338. The Morgan fingerprint density at radius 2 is 2.38 bits per heavy atom. The van der Waals surface area contributed by atoms with Gasteiger partial charge in [0, 0.05) is 0 Å². The minimum atomic E-state index is 0.338. The van der Waals surface area contributed by atoms with E-state index in [1.54, 1.807) is 0 Å². The molecule has 0 unspecified atom stereocenters. The summed E-state index contributed by atoms with van der Waals surface area (Å²) < 4.78 is 0. The first kappa shape index (κ1) is 7.76. The Bertz CT molecular complexity index is 82.5. The standard InChI is InChI=1S/C5H10ClNO/c1-2-3-5(4-6)7-8/h8H,2-4H2,1H3/b7-5+. The van der Waals surface area contributed by atoms with Gasteiger partial charge < -0.3 is 5.21 Å². The summed E-state index contributed by atoms with van der Waals surface area (Å²) in [6, 6.07) is 0. The van der Waals surface area contributed by atoms with Crippen LogP contribution in [0.15, 0.2) is 5.16 Å². The van der Waals surface area contributed by atoms with E-state index in [2.05, 4.69) is 5.16 Å². The number of rotatable bonds is 3. The molecule has 0 bridgehead atoms. The van der Waals surface area contributed by atoms with E-state index in [1.165, 1.54) is 0 Å². The third-order valence-corrected chi connectivity index (χ3v) is 1.14. The normalized spacial score (nSPS) is 12.0. The van der Waals surface area contributed by atoms with Crippen molar-refractivity contribution in [3.63, 3.8) is 0 Å². The minimum Gasteiger partial charge on any atom is -0.411 e. The van der Waals surface area contributed by atoms with Crippen LogP contribution in [0.2, 0.25) is 0 Å². The molecule has 0 fully saturated rings. The molecule has 0 radical (unpaired) electrons. The Morgan fingerprint density at radius 3 is 2.50 bits per heavy atom. The molecule has 3 heteroatoms. The van der Waals surface area contributed by atoms with Gasteiger partial charge in [-0.3, -0.25) is 0 Å². The van der Waals surface area contributed by atoms with Crippen LogP contribution in [0.3, 0.4) is 0 Å².